The minimum Gasteiger partial charge on any atom is -0.483 e. The number of fused-ring (bicyclic) bond motifs is 1. The highest BCUT2D eigenvalue weighted by atomic mass is 32.2. The summed E-state index contributed by atoms with van der Waals surface area (Å²) in [5.74, 6) is 0.354. The fourth-order valence-corrected chi connectivity index (χ4v) is 5.08. The molecule has 0 fully saturated rings. The second kappa shape index (κ2) is 8.67. The summed E-state index contributed by atoms with van der Waals surface area (Å²) in [6, 6.07) is 19.7. The van der Waals surface area contributed by atoms with Crippen molar-refractivity contribution in [3.8, 4) is 5.75 Å². The summed E-state index contributed by atoms with van der Waals surface area (Å²) in [6.45, 7) is 5.60. The molecule has 1 atom stereocenters. The predicted molar refractivity (Wildman–Crippen MR) is 126 cm³/mol. The molecular formula is C25H26N2O4S. The summed E-state index contributed by atoms with van der Waals surface area (Å²) in [4.78, 5) is 14.8. The van der Waals surface area contributed by atoms with Crippen LogP contribution in [-0.2, 0) is 21.2 Å². The lowest BCUT2D eigenvalue weighted by Crippen LogP contribution is -2.39. The lowest BCUT2D eigenvalue weighted by Gasteiger charge is -2.23. The first-order chi connectivity index (χ1) is 15.2. The van der Waals surface area contributed by atoms with Crippen LogP contribution in [0.1, 0.15) is 23.6 Å². The summed E-state index contributed by atoms with van der Waals surface area (Å²) >= 11 is 0. The van der Waals surface area contributed by atoms with Gasteiger partial charge in [-0.05, 0) is 74.7 Å². The number of para-hydroxylation sites is 1. The maximum Gasteiger partial charge on any atom is 0.265 e. The number of hydrogen-bond donors (Lipinski definition) is 1. The molecule has 0 saturated heterocycles. The average Bonchev–Trinajstić information content (AvgIpc) is 3.10. The zero-order valence-electron chi connectivity index (χ0n) is 18.3. The van der Waals surface area contributed by atoms with Gasteiger partial charge in [0.1, 0.15) is 5.75 Å². The van der Waals surface area contributed by atoms with E-state index < -0.39 is 10.0 Å². The predicted octanol–water partition coefficient (Wildman–Crippen LogP) is 4.46. The summed E-state index contributed by atoms with van der Waals surface area (Å²) in [6.07, 6.45) is 0.821. The number of aryl methyl sites for hydroxylation is 2. The Bertz CT molecular complexity index is 1250. The molecule has 1 aliphatic rings. The minimum atomic E-state index is -3.73. The first kappa shape index (κ1) is 21.9. The first-order valence-corrected chi connectivity index (χ1v) is 12.0. The molecule has 3 aromatic carbocycles. The molecule has 32 heavy (non-hydrogen) atoms. The topological polar surface area (TPSA) is 75.7 Å². The molecule has 0 unspecified atom stereocenters. The fourth-order valence-electron chi connectivity index (χ4n) is 3.94. The molecule has 6 nitrogen and oxygen atoms in total. The number of nitrogens with zero attached hydrogens (tertiary/aromatic N) is 1. The summed E-state index contributed by atoms with van der Waals surface area (Å²) < 4.78 is 33.8. The highest BCUT2D eigenvalue weighted by molar-refractivity contribution is 7.92. The lowest BCUT2D eigenvalue weighted by molar-refractivity contribution is -0.120. The normalized spacial score (nSPS) is 15.3. The van der Waals surface area contributed by atoms with Gasteiger partial charge < -0.3 is 9.64 Å². The Kier molecular flexibility index (Phi) is 5.93. The van der Waals surface area contributed by atoms with Gasteiger partial charge in [0.25, 0.3) is 15.9 Å². The van der Waals surface area contributed by atoms with Crippen LogP contribution in [0.5, 0.6) is 5.75 Å². The van der Waals surface area contributed by atoms with Gasteiger partial charge in [-0.2, -0.15) is 0 Å². The second-order valence-corrected chi connectivity index (χ2v) is 9.82. The molecule has 1 amide bonds. The van der Waals surface area contributed by atoms with Gasteiger partial charge in [-0.15, -0.1) is 0 Å². The molecular weight excluding hydrogens is 424 g/mol. The number of nitrogens with one attached hydrogen (secondary N) is 1. The minimum absolute atomic E-state index is 0.0740. The van der Waals surface area contributed by atoms with Crippen LogP contribution in [-0.4, -0.2) is 27.0 Å². The average molecular weight is 451 g/mol. The van der Waals surface area contributed by atoms with Gasteiger partial charge in [-0.1, -0.05) is 35.9 Å². The summed E-state index contributed by atoms with van der Waals surface area (Å²) in [7, 11) is -3.73. The van der Waals surface area contributed by atoms with Crippen LogP contribution in [0.4, 0.5) is 11.4 Å². The van der Waals surface area contributed by atoms with E-state index in [-0.39, 0.29) is 23.5 Å². The van der Waals surface area contributed by atoms with Gasteiger partial charge in [0.05, 0.1) is 4.90 Å². The van der Waals surface area contributed by atoms with E-state index in [1.807, 2.05) is 50.2 Å². The molecule has 0 bridgehead atoms. The number of sulfonamides is 1. The molecule has 0 aliphatic carbocycles. The molecule has 0 aromatic heterocycles. The Hall–Kier alpha value is -3.32. The van der Waals surface area contributed by atoms with E-state index in [1.54, 1.807) is 36.1 Å². The van der Waals surface area contributed by atoms with Crippen molar-refractivity contribution >= 4 is 27.3 Å². The number of ether oxygens (including phenoxy) is 1. The van der Waals surface area contributed by atoms with E-state index in [9.17, 15) is 13.2 Å². The molecule has 166 valence electrons. The zero-order valence-corrected chi connectivity index (χ0v) is 19.1. The largest absolute Gasteiger partial charge is 0.483 e. The van der Waals surface area contributed by atoms with Crippen molar-refractivity contribution in [3.05, 3.63) is 83.4 Å². The van der Waals surface area contributed by atoms with Gasteiger partial charge >= 0.3 is 0 Å². The van der Waals surface area contributed by atoms with Gasteiger partial charge in [0, 0.05) is 17.4 Å². The SMILES string of the molecule is Cc1ccc(NS(=O)(=O)c2ccc(OCC(=O)N3c4ccccc4C[C@H]3C)c(C)c2)cc1. The molecule has 4 rings (SSSR count). The Morgan fingerprint density at radius 1 is 1.06 bits per heavy atom. The molecule has 7 heteroatoms. The van der Waals surface area contributed by atoms with E-state index in [1.165, 1.54) is 6.07 Å². The monoisotopic (exact) mass is 450 g/mol. The third-order valence-corrected chi connectivity index (χ3v) is 6.97. The molecule has 0 saturated carbocycles. The maximum atomic E-state index is 12.9. The van der Waals surface area contributed by atoms with E-state index in [2.05, 4.69) is 4.72 Å². The maximum absolute atomic E-state index is 12.9. The molecule has 1 aliphatic heterocycles. The molecule has 0 spiro atoms. The standard InChI is InChI=1S/C25H26N2O4S/c1-17-8-10-21(11-9-17)26-32(29,30)22-12-13-24(18(2)14-22)31-16-25(28)27-19(3)15-20-6-4-5-7-23(20)27/h4-14,19,26H,15-16H2,1-3H3/t19-/m1/s1. The van der Waals surface area contributed by atoms with Crippen molar-refractivity contribution in [1.82, 2.24) is 0 Å². The second-order valence-electron chi connectivity index (χ2n) is 8.13. The van der Waals surface area contributed by atoms with E-state index >= 15 is 0 Å². The van der Waals surface area contributed by atoms with Crippen molar-refractivity contribution in [2.45, 2.75) is 38.1 Å². The van der Waals surface area contributed by atoms with Crippen LogP contribution in [0.15, 0.2) is 71.6 Å². The summed E-state index contributed by atoms with van der Waals surface area (Å²) in [5, 5.41) is 0. The number of rotatable bonds is 6. The Morgan fingerprint density at radius 3 is 2.50 bits per heavy atom. The van der Waals surface area contributed by atoms with Crippen LogP contribution in [0.2, 0.25) is 0 Å². The van der Waals surface area contributed by atoms with Gasteiger partial charge in [-0.25, -0.2) is 8.42 Å². The van der Waals surface area contributed by atoms with Crippen LogP contribution in [0.3, 0.4) is 0 Å². The molecule has 1 heterocycles. The zero-order chi connectivity index (χ0) is 22.9. The number of hydrogen-bond acceptors (Lipinski definition) is 4. The highest BCUT2D eigenvalue weighted by Gasteiger charge is 2.30. The van der Waals surface area contributed by atoms with Crippen LogP contribution >= 0.6 is 0 Å². The Balaban J connectivity index is 1.45. The van der Waals surface area contributed by atoms with E-state index in [4.69, 9.17) is 4.74 Å². The molecule has 0 radical (unpaired) electrons. The van der Waals surface area contributed by atoms with Gasteiger partial charge in [-0.3, -0.25) is 9.52 Å². The number of anilines is 2. The third-order valence-electron chi connectivity index (χ3n) is 5.59. The number of carbonyl (C=O) groups is 1. The van der Waals surface area contributed by atoms with Crippen LogP contribution in [0, 0.1) is 13.8 Å². The van der Waals surface area contributed by atoms with Crippen LogP contribution in [0.25, 0.3) is 0 Å². The Labute approximate surface area is 188 Å². The summed E-state index contributed by atoms with van der Waals surface area (Å²) in [5.41, 5.74) is 4.26. The third kappa shape index (κ3) is 4.48. The van der Waals surface area contributed by atoms with Gasteiger partial charge in [0.15, 0.2) is 6.61 Å². The van der Waals surface area contributed by atoms with E-state index in [0.29, 0.717) is 17.0 Å². The quantitative estimate of drug-likeness (QED) is 0.602. The van der Waals surface area contributed by atoms with E-state index in [0.717, 1.165) is 23.2 Å². The Morgan fingerprint density at radius 2 is 1.78 bits per heavy atom. The number of carbonyl (C=O) groups excluding carboxylic acids is 1. The smallest absolute Gasteiger partial charge is 0.265 e. The van der Waals surface area contributed by atoms with Crippen molar-refractivity contribution in [2.75, 3.05) is 16.2 Å². The highest BCUT2D eigenvalue weighted by Crippen LogP contribution is 2.32. The number of amides is 1. The van der Waals surface area contributed by atoms with Gasteiger partial charge in [0.2, 0.25) is 0 Å². The lowest BCUT2D eigenvalue weighted by atomic mass is 10.1. The first-order valence-electron chi connectivity index (χ1n) is 10.5. The number of benzene rings is 3. The van der Waals surface area contributed by atoms with Crippen molar-refractivity contribution in [3.63, 3.8) is 0 Å². The fraction of sp³-hybridized carbons (Fsp3) is 0.240. The molecule has 1 N–H and O–H groups in total. The molecule has 3 aromatic rings. The van der Waals surface area contributed by atoms with Crippen LogP contribution < -0.4 is 14.4 Å². The van der Waals surface area contributed by atoms with Crippen molar-refractivity contribution in [1.29, 1.82) is 0 Å². The van der Waals surface area contributed by atoms with Crippen molar-refractivity contribution < 1.29 is 17.9 Å². The van der Waals surface area contributed by atoms with Crippen molar-refractivity contribution in [2.24, 2.45) is 0 Å².